The second-order valence-electron chi connectivity index (χ2n) is 4.09. The Hall–Kier alpha value is -1.13. The number of nitrogens with one attached hydrogen (secondary N) is 1. The van der Waals surface area contributed by atoms with Gasteiger partial charge in [0.1, 0.15) is 5.82 Å². The molecule has 4 N–H and O–H groups in total. The number of nitrogen functional groups attached to an aromatic ring is 1. The van der Waals surface area contributed by atoms with E-state index in [1.54, 1.807) is 6.20 Å². The van der Waals surface area contributed by atoms with Crippen molar-refractivity contribution in [1.29, 1.82) is 0 Å². The minimum atomic E-state index is -0.378. The molecule has 0 aliphatic heterocycles. The van der Waals surface area contributed by atoms with Crippen molar-refractivity contribution in [3.05, 3.63) is 23.9 Å². The molecule has 1 unspecified atom stereocenters. The summed E-state index contributed by atoms with van der Waals surface area (Å²) >= 11 is 0. The van der Waals surface area contributed by atoms with E-state index < -0.39 is 0 Å². The van der Waals surface area contributed by atoms with Crippen LogP contribution in [0.3, 0.4) is 0 Å². The predicted molar refractivity (Wildman–Crippen MR) is 59.4 cm³/mol. The van der Waals surface area contributed by atoms with Crippen LogP contribution in [-0.2, 0) is 6.42 Å². The first-order valence-electron chi connectivity index (χ1n) is 5.36. The van der Waals surface area contributed by atoms with Gasteiger partial charge in [0.05, 0.1) is 6.10 Å². The van der Waals surface area contributed by atoms with Gasteiger partial charge < -0.3 is 16.2 Å². The number of aliphatic hydroxyl groups is 1. The number of pyridine rings is 1. The van der Waals surface area contributed by atoms with Gasteiger partial charge >= 0.3 is 0 Å². The van der Waals surface area contributed by atoms with E-state index in [9.17, 15) is 5.11 Å². The van der Waals surface area contributed by atoms with E-state index in [-0.39, 0.29) is 6.10 Å². The first kappa shape index (κ1) is 10.4. The second-order valence-corrected chi connectivity index (χ2v) is 4.09. The van der Waals surface area contributed by atoms with Gasteiger partial charge in [0.25, 0.3) is 0 Å². The van der Waals surface area contributed by atoms with Crippen molar-refractivity contribution in [2.45, 2.75) is 31.4 Å². The lowest BCUT2D eigenvalue weighted by Gasteiger charge is -2.12. The largest absolute Gasteiger partial charge is 0.391 e. The van der Waals surface area contributed by atoms with Gasteiger partial charge in [-0.05, 0) is 24.5 Å². The summed E-state index contributed by atoms with van der Waals surface area (Å²) in [6.45, 7) is 0.638. The van der Waals surface area contributed by atoms with Crippen molar-refractivity contribution in [2.24, 2.45) is 0 Å². The van der Waals surface area contributed by atoms with Crippen molar-refractivity contribution in [3.8, 4) is 0 Å². The molecule has 1 heterocycles. The molecule has 1 atom stereocenters. The number of aliphatic hydroxyl groups excluding tert-OH is 1. The molecule has 82 valence electrons. The van der Waals surface area contributed by atoms with Gasteiger partial charge in [0.2, 0.25) is 0 Å². The van der Waals surface area contributed by atoms with Crippen LogP contribution >= 0.6 is 0 Å². The van der Waals surface area contributed by atoms with E-state index in [1.165, 1.54) is 12.8 Å². The molecule has 2 rings (SSSR count). The zero-order chi connectivity index (χ0) is 10.7. The van der Waals surface area contributed by atoms with Crippen LogP contribution in [0.1, 0.15) is 18.4 Å². The van der Waals surface area contributed by atoms with Crippen molar-refractivity contribution in [1.82, 2.24) is 10.3 Å². The number of hydrogen-bond acceptors (Lipinski definition) is 4. The Morgan fingerprint density at radius 2 is 2.40 bits per heavy atom. The quantitative estimate of drug-likeness (QED) is 0.650. The highest BCUT2D eigenvalue weighted by molar-refractivity contribution is 5.38. The van der Waals surface area contributed by atoms with E-state index >= 15 is 0 Å². The Morgan fingerprint density at radius 1 is 1.60 bits per heavy atom. The number of nitrogens with two attached hydrogens (primary N) is 1. The summed E-state index contributed by atoms with van der Waals surface area (Å²) in [5.74, 6) is 0.517. The van der Waals surface area contributed by atoms with E-state index in [1.807, 2.05) is 12.1 Å². The second kappa shape index (κ2) is 4.59. The summed E-state index contributed by atoms with van der Waals surface area (Å²) in [6.07, 6.45) is 4.33. The van der Waals surface area contributed by atoms with Crippen molar-refractivity contribution in [3.63, 3.8) is 0 Å². The lowest BCUT2D eigenvalue weighted by molar-refractivity contribution is 0.171. The Morgan fingerprint density at radius 3 is 3.07 bits per heavy atom. The van der Waals surface area contributed by atoms with Crippen molar-refractivity contribution < 1.29 is 5.11 Å². The normalized spacial score (nSPS) is 17.7. The fraction of sp³-hybridized carbons (Fsp3) is 0.545. The number of anilines is 1. The number of rotatable bonds is 5. The van der Waals surface area contributed by atoms with Gasteiger partial charge in [-0.2, -0.15) is 0 Å². The molecule has 4 heteroatoms. The molecule has 15 heavy (non-hydrogen) atoms. The van der Waals surface area contributed by atoms with E-state index in [0.717, 1.165) is 5.56 Å². The molecular formula is C11H17N3O. The average molecular weight is 207 g/mol. The number of nitrogens with zero attached hydrogens (tertiary/aromatic N) is 1. The first-order chi connectivity index (χ1) is 7.25. The van der Waals surface area contributed by atoms with E-state index in [0.29, 0.717) is 24.8 Å². The molecule has 1 fully saturated rings. The highest BCUT2D eigenvalue weighted by Crippen LogP contribution is 2.18. The van der Waals surface area contributed by atoms with E-state index in [2.05, 4.69) is 10.3 Å². The molecule has 1 aliphatic rings. The number of aromatic nitrogens is 1. The molecule has 0 amide bonds. The van der Waals surface area contributed by atoms with Crippen LogP contribution < -0.4 is 11.1 Å². The topological polar surface area (TPSA) is 71.2 Å². The highest BCUT2D eigenvalue weighted by Gasteiger charge is 2.21. The van der Waals surface area contributed by atoms with Crippen molar-refractivity contribution >= 4 is 5.82 Å². The molecule has 0 spiro atoms. The zero-order valence-electron chi connectivity index (χ0n) is 8.69. The molecule has 0 saturated heterocycles. The predicted octanol–water partition coefficient (Wildman–Crippen LogP) is 0.319. The summed E-state index contributed by atoms with van der Waals surface area (Å²) in [4.78, 5) is 3.99. The molecule has 1 saturated carbocycles. The highest BCUT2D eigenvalue weighted by atomic mass is 16.3. The maximum Gasteiger partial charge on any atom is 0.126 e. The maximum absolute atomic E-state index is 9.76. The third-order valence-corrected chi connectivity index (χ3v) is 2.60. The fourth-order valence-electron chi connectivity index (χ4n) is 1.54. The van der Waals surface area contributed by atoms with Crippen LogP contribution in [0, 0.1) is 0 Å². The average Bonchev–Trinajstić information content (AvgIpc) is 3.02. The van der Waals surface area contributed by atoms with Crippen LogP contribution in [0.4, 0.5) is 5.82 Å². The molecular weight excluding hydrogens is 190 g/mol. The first-order valence-corrected chi connectivity index (χ1v) is 5.36. The van der Waals surface area contributed by atoms with Crippen LogP contribution in [0.2, 0.25) is 0 Å². The third kappa shape index (κ3) is 3.18. The third-order valence-electron chi connectivity index (χ3n) is 2.60. The number of hydrogen-bond donors (Lipinski definition) is 3. The molecule has 1 aromatic heterocycles. The van der Waals surface area contributed by atoms with Gasteiger partial charge in [-0.3, -0.25) is 0 Å². The molecule has 0 bridgehead atoms. The Kier molecular flexibility index (Phi) is 3.18. The van der Waals surface area contributed by atoms with Crippen LogP contribution in [-0.4, -0.2) is 28.8 Å². The molecule has 1 aromatic rings. The van der Waals surface area contributed by atoms with E-state index in [4.69, 9.17) is 5.73 Å². The van der Waals surface area contributed by atoms with Crippen LogP contribution in [0.15, 0.2) is 18.3 Å². The van der Waals surface area contributed by atoms with Crippen LogP contribution in [0.5, 0.6) is 0 Å². The summed E-state index contributed by atoms with van der Waals surface area (Å²) < 4.78 is 0. The summed E-state index contributed by atoms with van der Waals surface area (Å²) in [6, 6.07) is 4.38. The van der Waals surface area contributed by atoms with Gasteiger partial charge in [-0.15, -0.1) is 0 Å². The molecule has 0 radical (unpaired) electrons. The van der Waals surface area contributed by atoms with Gasteiger partial charge in [-0.1, -0.05) is 6.07 Å². The Balaban J connectivity index is 1.81. The monoisotopic (exact) mass is 207 g/mol. The van der Waals surface area contributed by atoms with Crippen molar-refractivity contribution in [2.75, 3.05) is 12.3 Å². The molecule has 0 aromatic carbocycles. The zero-order valence-corrected chi connectivity index (χ0v) is 8.69. The van der Waals surface area contributed by atoms with Gasteiger partial charge in [0.15, 0.2) is 0 Å². The molecule has 4 nitrogen and oxygen atoms in total. The maximum atomic E-state index is 9.76. The fourth-order valence-corrected chi connectivity index (χ4v) is 1.54. The smallest absolute Gasteiger partial charge is 0.126 e. The van der Waals surface area contributed by atoms with Gasteiger partial charge in [-0.25, -0.2) is 4.98 Å². The summed E-state index contributed by atoms with van der Waals surface area (Å²) in [7, 11) is 0. The van der Waals surface area contributed by atoms with Crippen LogP contribution in [0.25, 0.3) is 0 Å². The SMILES string of the molecule is Nc1ncccc1CC(O)CNC1CC1. The minimum absolute atomic E-state index is 0.378. The summed E-state index contributed by atoms with van der Waals surface area (Å²) in [5, 5.41) is 13.0. The minimum Gasteiger partial charge on any atom is -0.391 e. The summed E-state index contributed by atoms with van der Waals surface area (Å²) in [5.41, 5.74) is 6.61. The standard InChI is InChI=1S/C11H17N3O/c12-11-8(2-1-5-13-11)6-10(15)7-14-9-3-4-9/h1-2,5,9-10,14-15H,3-4,6-7H2,(H2,12,13). The lowest BCUT2D eigenvalue weighted by atomic mass is 10.1. The lowest BCUT2D eigenvalue weighted by Crippen LogP contribution is -2.30. The molecule has 1 aliphatic carbocycles. The Labute approximate surface area is 89.5 Å². The van der Waals surface area contributed by atoms with Gasteiger partial charge in [0, 0.05) is 25.2 Å². The Bertz CT molecular complexity index is 325.